The number of hydrogen-bond donors (Lipinski definition) is 3. The molecular formula is C23H28N4O4. The number of carbonyl (C=O) groups excluding carboxylic acids is 1. The molecule has 0 atom stereocenters. The van der Waals surface area contributed by atoms with Crippen molar-refractivity contribution in [1.82, 2.24) is 15.1 Å². The SMILES string of the molecule is COCc1ccc(C)c(CNC(=O)Nc2c(C)c(OCCO)nn2-c2ccccc2)c1. The number of ether oxygens (including phenoxy) is 2. The molecular weight excluding hydrogens is 396 g/mol. The van der Waals surface area contributed by atoms with Gasteiger partial charge >= 0.3 is 6.03 Å². The van der Waals surface area contributed by atoms with Crippen LogP contribution in [-0.4, -0.2) is 41.2 Å². The zero-order chi connectivity index (χ0) is 22.2. The average molecular weight is 425 g/mol. The molecule has 2 amide bonds. The van der Waals surface area contributed by atoms with Crippen molar-refractivity contribution in [2.75, 3.05) is 25.6 Å². The lowest BCUT2D eigenvalue weighted by molar-refractivity contribution is 0.185. The molecule has 0 aliphatic carbocycles. The first-order valence-corrected chi connectivity index (χ1v) is 10.0. The Kier molecular flexibility index (Phi) is 7.64. The van der Waals surface area contributed by atoms with Gasteiger partial charge in [-0.15, -0.1) is 5.10 Å². The lowest BCUT2D eigenvalue weighted by Crippen LogP contribution is -2.29. The second-order valence-corrected chi connectivity index (χ2v) is 7.10. The maximum Gasteiger partial charge on any atom is 0.320 e. The predicted molar refractivity (Wildman–Crippen MR) is 119 cm³/mol. The molecule has 3 N–H and O–H groups in total. The van der Waals surface area contributed by atoms with Crippen LogP contribution in [0.3, 0.4) is 0 Å². The summed E-state index contributed by atoms with van der Waals surface area (Å²) in [6.45, 7) is 4.71. The number of para-hydroxylation sites is 1. The Morgan fingerprint density at radius 2 is 1.94 bits per heavy atom. The van der Waals surface area contributed by atoms with Gasteiger partial charge in [-0.2, -0.15) is 0 Å². The smallest absolute Gasteiger partial charge is 0.320 e. The van der Waals surface area contributed by atoms with Crippen LogP contribution < -0.4 is 15.4 Å². The summed E-state index contributed by atoms with van der Waals surface area (Å²) >= 11 is 0. The number of aromatic nitrogens is 2. The van der Waals surface area contributed by atoms with Gasteiger partial charge in [-0.25, -0.2) is 9.48 Å². The van der Waals surface area contributed by atoms with E-state index in [1.54, 1.807) is 11.8 Å². The monoisotopic (exact) mass is 424 g/mol. The van der Waals surface area contributed by atoms with E-state index in [1.807, 2.05) is 62.4 Å². The molecule has 164 valence electrons. The van der Waals surface area contributed by atoms with Gasteiger partial charge in [-0.1, -0.05) is 36.4 Å². The third kappa shape index (κ3) is 5.62. The molecule has 0 saturated heterocycles. The van der Waals surface area contributed by atoms with E-state index < -0.39 is 0 Å². The Morgan fingerprint density at radius 3 is 2.65 bits per heavy atom. The molecule has 0 aliphatic heterocycles. The molecule has 31 heavy (non-hydrogen) atoms. The number of anilines is 1. The van der Waals surface area contributed by atoms with E-state index in [4.69, 9.17) is 14.6 Å². The second kappa shape index (κ2) is 10.6. The zero-order valence-corrected chi connectivity index (χ0v) is 18.0. The van der Waals surface area contributed by atoms with Crippen LogP contribution in [0.4, 0.5) is 10.6 Å². The fraction of sp³-hybridized carbons (Fsp3) is 0.304. The lowest BCUT2D eigenvalue weighted by Gasteiger charge is -2.13. The summed E-state index contributed by atoms with van der Waals surface area (Å²) in [5.41, 5.74) is 4.61. The van der Waals surface area contributed by atoms with E-state index in [0.29, 0.717) is 30.4 Å². The molecule has 0 aliphatic rings. The highest BCUT2D eigenvalue weighted by Gasteiger charge is 2.19. The first kappa shape index (κ1) is 22.3. The van der Waals surface area contributed by atoms with Crippen LogP contribution in [0.1, 0.15) is 22.3 Å². The summed E-state index contributed by atoms with van der Waals surface area (Å²) in [5, 5.41) is 19.3. The molecule has 0 unspecified atom stereocenters. The third-order valence-corrected chi connectivity index (χ3v) is 4.81. The van der Waals surface area contributed by atoms with E-state index in [-0.39, 0.29) is 19.2 Å². The third-order valence-electron chi connectivity index (χ3n) is 4.81. The lowest BCUT2D eigenvalue weighted by atomic mass is 10.1. The fourth-order valence-corrected chi connectivity index (χ4v) is 3.16. The van der Waals surface area contributed by atoms with Crippen LogP contribution in [0.2, 0.25) is 0 Å². The van der Waals surface area contributed by atoms with Crippen molar-refractivity contribution >= 4 is 11.8 Å². The molecule has 8 heteroatoms. The van der Waals surface area contributed by atoms with Gasteiger partial charge in [0.1, 0.15) is 12.4 Å². The van der Waals surface area contributed by atoms with Gasteiger partial charge in [0, 0.05) is 13.7 Å². The van der Waals surface area contributed by atoms with Gasteiger partial charge in [0.2, 0.25) is 5.88 Å². The standard InChI is InChI=1S/C23H28N4O4/c1-16-9-10-18(15-30-3)13-19(16)14-24-23(29)25-21-17(2)22(31-12-11-28)26-27(21)20-7-5-4-6-8-20/h4-10,13,28H,11-12,14-15H2,1-3H3,(H2,24,25,29). The number of benzene rings is 2. The first-order valence-electron chi connectivity index (χ1n) is 10.0. The van der Waals surface area contributed by atoms with Gasteiger partial charge in [0.25, 0.3) is 0 Å². The number of amides is 2. The quantitative estimate of drug-likeness (QED) is 0.490. The maximum atomic E-state index is 12.7. The van der Waals surface area contributed by atoms with Crippen molar-refractivity contribution in [2.45, 2.75) is 27.0 Å². The summed E-state index contributed by atoms with van der Waals surface area (Å²) in [6.07, 6.45) is 0. The molecule has 1 aromatic heterocycles. The molecule has 0 radical (unpaired) electrons. The first-order chi connectivity index (χ1) is 15.0. The molecule has 0 bridgehead atoms. The number of nitrogens with one attached hydrogen (secondary N) is 2. The minimum Gasteiger partial charge on any atom is -0.474 e. The molecule has 8 nitrogen and oxygen atoms in total. The Morgan fingerprint density at radius 1 is 1.16 bits per heavy atom. The predicted octanol–water partition coefficient (Wildman–Crippen LogP) is 3.33. The average Bonchev–Trinajstić information content (AvgIpc) is 3.08. The Hall–Kier alpha value is -3.36. The summed E-state index contributed by atoms with van der Waals surface area (Å²) in [7, 11) is 1.65. The van der Waals surface area contributed by atoms with Crippen molar-refractivity contribution in [3.63, 3.8) is 0 Å². The number of hydrogen-bond acceptors (Lipinski definition) is 5. The number of aliphatic hydroxyl groups is 1. The molecule has 3 aromatic rings. The zero-order valence-electron chi connectivity index (χ0n) is 18.0. The van der Waals surface area contributed by atoms with E-state index in [1.165, 1.54) is 0 Å². The van der Waals surface area contributed by atoms with Gasteiger partial charge in [-0.3, -0.25) is 5.32 Å². The molecule has 0 saturated carbocycles. The van der Waals surface area contributed by atoms with E-state index in [9.17, 15) is 4.79 Å². The Bertz CT molecular complexity index is 1020. The van der Waals surface area contributed by atoms with E-state index in [0.717, 1.165) is 22.4 Å². The minimum absolute atomic E-state index is 0.120. The Balaban J connectivity index is 1.77. The molecule has 3 rings (SSSR count). The number of methoxy groups -OCH3 is 1. The van der Waals surface area contributed by atoms with Crippen molar-refractivity contribution in [1.29, 1.82) is 0 Å². The summed E-state index contributed by atoms with van der Waals surface area (Å²) < 4.78 is 12.3. The molecule has 1 heterocycles. The maximum absolute atomic E-state index is 12.7. The van der Waals surface area contributed by atoms with Gasteiger partial charge < -0.3 is 19.9 Å². The number of aliphatic hydroxyl groups excluding tert-OH is 1. The number of rotatable bonds is 9. The van der Waals surface area contributed by atoms with Crippen LogP contribution >= 0.6 is 0 Å². The van der Waals surface area contributed by atoms with Crippen LogP contribution in [0, 0.1) is 13.8 Å². The van der Waals surface area contributed by atoms with Gasteiger partial charge in [0.05, 0.1) is 24.5 Å². The normalized spacial score (nSPS) is 10.7. The van der Waals surface area contributed by atoms with Crippen LogP contribution in [0.25, 0.3) is 5.69 Å². The largest absolute Gasteiger partial charge is 0.474 e. The summed E-state index contributed by atoms with van der Waals surface area (Å²) in [6, 6.07) is 15.2. The van der Waals surface area contributed by atoms with Crippen molar-refractivity contribution < 1.29 is 19.4 Å². The molecule has 2 aromatic carbocycles. The Labute approximate surface area is 181 Å². The highest BCUT2D eigenvalue weighted by atomic mass is 16.5. The second-order valence-electron chi connectivity index (χ2n) is 7.10. The fourth-order valence-electron chi connectivity index (χ4n) is 3.16. The van der Waals surface area contributed by atoms with Crippen molar-refractivity contribution in [2.24, 2.45) is 0 Å². The highest BCUT2D eigenvalue weighted by molar-refractivity contribution is 5.89. The van der Waals surface area contributed by atoms with Crippen LogP contribution in [-0.2, 0) is 17.9 Å². The molecule has 0 spiro atoms. The number of nitrogens with zero attached hydrogens (tertiary/aromatic N) is 2. The minimum atomic E-state index is -0.356. The summed E-state index contributed by atoms with van der Waals surface area (Å²) in [5.74, 6) is 0.859. The topological polar surface area (TPSA) is 97.6 Å². The van der Waals surface area contributed by atoms with Crippen molar-refractivity contribution in [3.05, 3.63) is 70.8 Å². The van der Waals surface area contributed by atoms with Crippen LogP contribution in [0.15, 0.2) is 48.5 Å². The van der Waals surface area contributed by atoms with E-state index in [2.05, 4.69) is 15.7 Å². The van der Waals surface area contributed by atoms with E-state index >= 15 is 0 Å². The van der Waals surface area contributed by atoms with Gasteiger partial charge in [-0.05, 0) is 42.7 Å². The molecule has 0 fully saturated rings. The van der Waals surface area contributed by atoms with Gasteiger partial charge in [0.15, 0.2) is 0 Å². The summed E-state index contributed by atoms with van der Waals surface area (Å²) in [4.78, 5) is 12.7. The van der Waals surface area contributed by atoms with Crippen molar-refractivity contribution in [3.8, 4) is 11.6 Å². The number of aryl methyl sites for hydroxylation is 1. The number of urea groups is 1. The highest BCUT2D eigenvalue weighted by Crippen LogP contribution is 2.28. The number of carbonyl (C=O) groups is 1. The van der Waals surface area contributed by atoms with Crippen LogP contribution in [0.5, 0.6) is 5.88 Å².